The molecule has 9 heteroatoms. The van der Waals surface area contributed by atoms with Gasteiger partial charge in [0.15, 0.2) is 11.5 Å². The maximum atomic E-state index is 12.9. The molecule has 0 saturated carbocycles. The molecule has 146 valence electrons. The standard InChI is InChI=1S/C19H19N3O5S/c1-13-4-3-5-14(10-13)19-20-18(27-21-19)12-22(2)28(23,24)15-6-7-16-17(11-15)26-9-8-25-16/h3-7,10-11H,8-9,12H2,1-2H3. The van der Waals surface area contributed by atoms with E-state index >= 15 is 0 Å². The zero-order valence-electron chi connectivity index (χ0n) is 15.5. The Morgan fingerprint density at radius 1 is 1.07 bits per heavy atom. The summed E-state index contributed by atoms with van der Waals surface area (Å²) in [4.78, 5) is 4.42. The van der Waals surface area contributed by atoms with Gasteiger partial charge in [-0.3, -0.25) is 0 Å². The smallest absolute Gasteiger partial charge is 0.243 e. The summed E-state index contributed by atoms with van der Waals surface area (Å²) in [5.74, 6) is 1.58. The van der Waals surface area contributed by atoms with E-state index in [2.05, 4.69) is 10.1 Å². The molecule has 1 aliphatic rings. The average Bonchev–Trinajstić information content (AvgIpc) is 3.16. The third-order valence-electron chi connectivity index (χ3n) is 4.32. The number of fused-ring (bicyclic) bond motifs is 1. The quantitative estimate of drug-likeness (QED) is 0.648. The summed E-state index contributed by atoms with van der Waals surface area (Å²) in [5.41, 5.74) is 1.88. The molecule has 0 atom stereocenters. The number of nitrogens with zero attached hydrogens (tertiary/aromatic N) is 3. The number of aromatic nitrogens is 2. The molecular formula is C19H19N3O5S. The van der Waals surface area contributed by atoms with E-state index in [0.717, 1.165) is 15.4 Å². The number of ether oxygens (including phenoxy) is 2. The molecule has 0 bridgehead atoms. The Hall–Kier alpha value is -2.91. The van der Waals surface area contributed by atoms with Gasteiger partial charge in [-0.25, -0.2) is 8.42 Å². The van der Waals surface area contributed by atoms with Crippen LogP contribution in [0.3, 0.4) is 0 Å². The van der Waals surface area contributed by atoms with Crippen LogP contribution in [0.25, 0.3) is 11.4 Å². The van der Waals surface area contributed by atoms with Crippen molar-refractivity contribution in [2.45, 2.75) is 18.4 Å². The van der Waals surface area contributed by atoms with Crippen LogP contribution in [0, 0.1) is 6.92 Å². The van der Waals surface area contributed by atoms with E-state index in [4.69, 9.17) is 14.0 Å². The molecule has 0 amide bonds. The van der Waals surface area contributed by atoms with Gasteiger partial charge >= 0.3 is 0 Å². The molecule has 0 unspecified atom stereocenters. The van der Waals surface area contributed by atoms with E-state index < -0.39 is 10.0 Å². The molecule has 28 heavy (non-hydrogen) atoms. The molecule has 1 aromatic heterocycles. The lowest BCUT2D eigenvalue weighted by molar-refractivity contribution is 0.171. The molecule has 2 aromatic carbocycles. The molecule has 4 rings (SSSR count). The van der Waals surface area contributed by atoms with Crippen molar-refractivity contribution in [3.8, 4) is 22.9 Å². The van der Waals surface area contributed by atoms with Crippen LogP contribution < -0.4 is 9.47 Å². The highest BCUT2D eigenvalue weighted by Crippen LogP contribution is 2.33. The molecule has 3 aromatic rings. The highest BCUT2D eigenvalue weighted by molar-refractivity contribution is 7.89. The van der Waals surface area contributed by atoms with E-state index in [0.29, 0.717) is 30.5 Å². The lowest BCUT2D eigenvalue weighted by Gasteiger charge is -2.20. The largest absolute Gasteiger partial charge is 0.486 e. The Morgan fingerprint density at radius 3 is 2.64 bits per heavy atom. The van der Waals surface area contributed by atoms with Crippen LogP contribution in [0.5, 0.6) is 11.5 Å². The molecule has 0 radical (unpaired) electrons. The van der Waals surface area contributed by atoms with Crippen molar-refractivity contribution >= 4 is 10.0 Å². The number of rotatable bonds is 5. The minimum absolute atomic E-state index is 0.0460. The Bertz CT molecular complexity index is 1110. The van der Waals surface area contributed by atoms with Crippen molar-refractivity contribution in [3.05, 3.63) is 53.9 Å². The Kier molecular flexibility index (Phi) is 4.78. The van der Waals surface area contributed by atoms with Crippen LogP contribution >= 0.6 is 0 Å². The Morgan fingerprint density at radius 2 is 1.86 bits per heavy atom. The summed E-state index contributed by atoms with van der Waals surface area (Å²) < 4.78 is 43.1. The lowest BCUT2D eigenvalue weighted by Crippen LogP contribution is -2.27. The van der Waals surface area contributed by atoms with E-state index in [1.165, 1.54) is 19.2 Å². The zero-order valence-corrected chi connectivity index (χ0v) is 16.3. The Labute approximate surface area is 162 Å². The van der Waals surface area contributed by atoms with Gasteiger partial charge in [0.2, 0.25) is 21.7 Å². The van der Waals surface area contributed by atoms with E-state index in [-0.39, 0.29) is 17.3 Å². The van der Waals surface area contributed by atoms with E-state index in [1.807, 2.05) is 31.2 Å². The predicted octanol–water partition coefficient (Wildman–Crippen LogP) is 2.64. The summed E-state index contributed by atoms with van der Waals surface area (Å²) in [7, 11) is -2.30. The molecule has 1 aliphatic heterocycles. The van der Waals surface area contributed by atoms with Gasteiger partial charge in [-0.05, 0) is 25.1 Å². The van der Waals surface area contributed by atoms with Crippen LogP contribution in [0.1, 0.15) is 11.5 Å². The van der Waals surface area contributed by atoms with Crippen molar-refractivity contribution in [2.24, 2.45) is 0 Å². The number of benzene rings is 2. The van der Waals surface area contributed by atoms with E-state index in [9.17, 15) is 8.42 Å². The topological polar surface area (TPSA) is 94.8 Å². The first-order chi connectivity index (χ1) is 13.4. The fourth-order valence-corrected chi connectivity index (χ4v) is 4.00. The number of hydrogen-bond donors (Lipinski definition) is 0. The summed E-state index contributed by atoms with van der Waals surface area (Å²) in [5, 5.41) is 3.95. The normalized spacial score (nSPS) is 13.7. The summed E-state index contributed by atoms with van der Waals surface area (Å²) in [6.45, 7) is 2.75. The van der Waals surface area contributed by atoms with Crippen LogP contribution in [-0.4, -0.2) is 43.1 Å². The SMILES string of the molecule is Cc1cccc(-c2noc(CN(C)S(=O)(=O)c3ccc4c(c3)OCCO4)n2)c1. The summed E-state index contributed by atoms with van der Waals surface area (Å²) in [6, 6.07) is 12.2. The van der Waals surface area contributed by atoms with E-state index in [1.54, 1.807) is 6.07 Å². The van der Waals surface area contributed by atoms with Gasteiger partial charge in [0.1, 0.15) is 13.2 Å². The van der Waals surface area contributed by atoms with Gasteiger partial charge in [-0.1, -0.05) is 28.9 Å². The predicted molar refractivity (Wildman–Crippen MR) is 101 cm³/mol. The van der Waals surface area contributed by atoms with Gasteiger partial charge in [-0.2, -0.15) is 9.29 Å². The average molecular weight is 401 g/mol. The molecule has 0 fully saturated rings. The fraction of sp³-hybridized carbons (Fsp3) is 0.263. The summed E-state index contributed by atoms with van der Waals surface area (Å²) in [6.07, 6.45) is 0. The third kappa shape index (κ3) is 3.58. The van der Waals surface area contributed by atoms with Gasteiger partial charge in [0, 0.05) is 18.7 Å². The molecule has 0 spiro atoms. The second kappa shape index (κ2) is 7.25. The van der Waals surface area contributed by atoms with Gasteiger partial charge in [0.25, 0.3) is 0 Å². The minimum Gasteiger partial charge on any atom is -0.486 e. The fourth-order valence-electron chi connectivity index (χ4n) is 2.86. The number of hydrogen-bond acceptors (Lipinski definition) is 7. The maximum absolute atomic E-state index is 12.9. The van der Waals surface area contributed by atoms with Crippen molar-refractivity contribution in [3.63, 3.8) is 0 Å². The lowest BCUT2D eigenvalue weighted by atomic mass is 10.1. The first-order valence-electron chi connectivity index (χ1n) is 8.69. The van der Waals surface area contributed by atoms with Gasteiger partial charge in [-0.15, -0.1) is 0 Å². The van der Waals surface area contributed by atoms with Crippen molar-refractivity contribution in [1.82, 2.24) is 14.4 Å². The monoisotopic (exact) mass is 401 g/mol. The van der Waals surface area contributed by atoms with Crippen LogP contribution in [-0.2, 0) is 16.6 Å². The highest BCUT2D eigenvalue weighted by atomic mass is 32.2. The van der Waals surface area contributed by atoms with Crippen molar-refractivity contribution in [2.75, 3.05) is 20.3 Å². The first kappa shape index (κ1) is 18.5. The van der Waals surface area contributed by atoms with Crippen LogP contribution in [0.2, 0.25) is 0 Å². The minimum atomic E-state index is -3.76. The van der Waals surface area contributed by atoms with Crippen molar-refractivity contribution < 1.29 is 22.4 Å². The molecule has 0 saturated heterocycles. The van der Waals surface area contributed by atoms with Gasteiger partial charge < -0.3 is 14.0 Å². The molecular weight excluding hydrogens is 382 g/mol. The second-order valence-electron chi connectivity index (χ2n) is 6.45. The molecule has 0 aliphatic carbocycles. The molecule has 2 heterocycles. The van der Waals surface area contributed by atoms with Crippen LogP contribution in [0.4, 0.5) is 0 Å². The summed E-state index contributed by atoms with van der Waals surface area (Å²) >= 11 is 0. The molecule has 0 N–H and O–H groups in total. The maximum Gasteiger partial charge on any atom is 0.243 e. The molecule has 8 nitrogen and oxygen atoms in total. The number of sulfonamides is 1. The highest BCUT2D eigenvalue weighted by Gasteiger charge is 2.25. The number of aryl methyl sites for hydroxylation is 1. The Balaban J connectivity index is 1.54. The van der Waals surface area contributed by atoms with Crippen molar-refractivity contribution in [1.29, 1.82) is 0 Å². The second-order valence-corrected chi connectivity index (χ2v) is 8.49. The first-order valence-corrected chi connectivity index (χ1v) is 10.1. The third-order valence-corrected chi connectivity index (χ3v) is 6.12. The zero-order chi connectivity index (χ0) is 19.7. The van der Waals surface area contributed by atoms with Crippen LogP contribution in [0.15, 0.2) is 51.9 Å². The van der Waals surface area contributed by atoms with Gasteiger partial charge in [0.05, 0.1) is 11.4 Å².